The van der Waals surface area contributed by atoms with Gasteiger partial charge in [-0.3, -0.25) is 0 Å². The molecule has 0 radical (unpaired) electrons. The number of hydrogen-bond acceptors (Lipinski definition) is 3. The van der Waals surface area contributed by atoms with Gasteiger partial charge in [0.15, 0.2) is 5.82 Å². The summed E-state index contributed by atoms with van der Waals surface area (Å²) >= 11 is 0. The first-order chi connectivity index (χ1) is 28.5. The lowest BCUT2D eigenvalue weighted by Crippen LogP contribution is -2.14. The molecule has 272 valence electrons. The maximum absolute atomic E-state index is 6.21. The fourth-order valence-corrected chi connectivity index (χ4v) is 9.54. The maximum Gasteiger partial charge on any atom is 0.160 e. The Kier molecular flexibility index (Phi) is 6.98. The Morgan fingerprint density at radius 3 is 1.88 bits per heavy atom. The average Bonchev–Trinajstić information content (AvgIpc) is 3.74. The topological polar surface area (TPSA) is 38.9 Å². The molecule has 0 aliphatic heterocycles. The summed E-state index contributed by atoms with van der Waals surface area (Å²) in [6, 6.07) is 65.4. The second-order valence-corrected chi connectivity index (χ2v) is 16.1. The van der Waals surface area contributed by atoms with E-state index in [1.807, 2.05) is 18.2 Å². The van der Waals surface area contributed by atoms with Crippen molar-refractivity contribution in [3.8, 4) is 56.2 Å². The smallest absolute Gasteiger partial charge is 0.160 e. The summed E-state index contributed by atoms with van der Waals surface area (Å²) in [4.78, 5) is 10.7. The van der Waals surface area contributed by atoms with E-state index in [0.29, 0.717) is 5.82 Å². The van der Waals surface area contributed by atoms with Crippen LogP contribution in [0, 0.1) is 0 Å². The van der Waals surface area contributed by atoms with E-state index in [1.165, 1.54) is 54.9 Å². The minimum atomic E-state index is -0.157. The standard InChI is InChI=1S/C55H36N2O/c1-55(2)47-21-12-20-44(53(47)46-28-34-15-6-7-16-35(34)30-48(46)55)50-32-49(56-54(57-50)33-13-4-3-5-14-33)42-26-25-39(40-17-8-9-18-41(40)42)37-24-23-36-31-52-45(29-38(36)27-37)43-19-10-11-22-51(43)58-52/h3-32H,1-2H3. The maximum atomic E-state index is 6.21. The lowest BCUT2D eigenvalue weighted by molar-refractivity contribution is 0.661. The minimum absolute atomic E-state index is 0.157. The first-order valence-electron chi connectivity index (χ1n) is 20.0. The first kappa shape index (κ1) is 32.8. The van der Waals surface area contributed by atoms with Crippen molar-refractivity contribution >= 4 is 54.3 Å². The third kappa shape index (κ3) is 4.93. The van der Waals surface area contributed by atoms with Crippen LogP contribution in [0.5, 0.6) is 0 Å². The van der Waals surface area contributed by atoms with Crippen LogP contribution in [0.25, 0.3) is 110 Å². The Hall–Kier alpha value is -7.36. The molecule has 0 spiro atoms. The molecule has 1 aliphatic carbocycles. The normalized spacial score (nSPS) is 13.1. The van der Waals surface area contributed by atoms with Crippen LogP contribution in [0.2, 0.25) is 0 Å². The number of para-hydroxylation sites is 1. The molecule has 0 bridgehead atoms. The molecule has 1 aliphatic rings. The zero-order valence-electron chi connectivity index (χ0n) is 32.1. The predicted octanol–water partition coefficient (Wildman–Crippen LogP) is 14.8. The summed E-state index contributed by atoms with van der Waals surface area (Å²) in [5.41, 5.74) is 14.2. The summed E-state index contributed by atoms with van der Waals surface area (Å²) in [6.45, 7) is 4.69. The van der Waals surface area contributed by atoms with E-state index in [1.54, 1.807) is 0 Å². The lowest BCUT2D eigenvalue weighted by atomic mass is 9.81. The second-order valence-electron chi connectivity index (χ2n) is 16.1. The fourth-order valence-electron chi connectivity index (χ4n) is 9.54. The third-order valence-electron chi connectivity index (χ3n) is 12.4. The van der Waals surface area contributed by atoms with Crippen molar-refractivity contribution in [3.05, 3.63) is 193 Å². The van der Waals surface area contributed by atoms with E-state index in [-0.39, 0.29) is 5.41 Å². The van der Waals surface area contributed by atoms with Crippen molar-refractivity contribution in [2.24, 2.45) is 0 Å². The fraction of sp³-hybridized carbons (Fsp3) is 0.0545. The average molecular weight is 741 g/mol. The minimum Gasteiger partial charge on any atom is -0.456 e. The molecule has 0 saturated carbocycles. The van der Waals surface area contributed by atoms with E-state index < -0.39 is 0 Å². The number of hydrogen-bond donors (Lipinski definition) is 0. The molecule has 9 aromatic carbocycles. The quantitative estimate of drug-likeness (QED) is 0.180. The number of furan rings is 1. The highest BCUT2D eigenvalue weighted by molar-refractivity contribution is 6.11. The number of fused-ring (bicyclic) bond motifs is 9. The van der Waals surface area contributed by atoms with Crippen molar-refractivity contribution in [1.82, 2.24) is 9.97 Å². The number of nitrogens with zero attached hydrogens (tertiary/aromatic N) is 2. The number of aromatic nitrogens is 2. The summed E-state index contributed by atoms with van der Waals surface area (Å²) in [7, 11) is 0. The van der Waals surface area contributed by atoms with E-state index in [2.05, 4.69) is 178 Å². The van der Waals surface area contributed by atoms with Crippen LogP contribution in [0.15, 0.2) is 186 Å². The van der Waals surface area contributed by atoms with Gasteiger partial charge in [0.2, 0.25) is 0 Å². The molecule has 2 aromatic heterocycles. The third-order valence-corrected chi connectivity index (χ3v) is 12.4. The molecule has 0 fully saturated rings. The predicted molar refractivity (Wildman–Crippen MR) is 241 cm³/mol. The molecule has 3 heteroatoms. The zero-order valence-corrected chi connectivity index (χ0v) is 32.1. The van der Waals surface area contributed by atoms with Crippen LogP contribution in [0.3, 0.4) is 0 Å². The van der Waals surface area contributed by atoms with E-state index in [4.69, 9.17) is 14.4 Å². The Labute approximate surface area is 335 Å². The Morgan fingerprint density at radius 2 is 1.05 bits per heavy atom. The van der Waals surface area contributed by atoms with Crippen LogP contribution in [-0.2, 0) is 5.41 Å². The summed E-state index contributed by atoms with van der Waals surface area (Å²) < 4.78 is 6.21. The van der Waals surface area contributed by atoms with Gasteiger partial charge in [0, 0.05) is 32.9 Å². The molecule has 3 nitrogen and oxygen atoms in total. The van der Waals surface area contributed by atoms with Crippen molar-refractivity contribution < 1.29 is 4.42 Å². The van der Waals surface area contributed by atoms with Gasteiger partial charge in [-0.1, -0.05) is 153 Å². The van der Waals surface area contributed by atoms with Crippen LogP contribution < -0.4 is 0 Å². The highest BCUT2D eigenvalue weighted by atomic mass is 16.3. The largest absolute Gasteiger partial charge is 0.456 e. The number of rotatable bonds is 4. The first-order valence-corrected chi connectivity index (χ1v) is 20.0. The summed E-state index contributed by atoms with van der Waals surface area (Å²) in [5.74, 6) is 0.711. The Bertz CT molecular complexity index is 3480. The highest BCUT2D eigenvalue weighted by Gasteiger charge is 2.37. The van der Waals surface area contributed by atoms with E-state index >= 15 is 0 Å². The molecule has 11 aromatic rings. The molecule has 0 N–H and O–H groups in total. The molecule has 0 atom stereocenters. The molecular formula is C55H36N2O. The zero-order chi connectivity index (χ0) is 38.5. The highest BCUT2D eigenvalue weighted by Crippen LogP contribution is 2.53. The van der Waals surface area contributed by atoms with Gasteiger partial charge in [-0.15, -0.1) is 0 Å². The van der Waals surface area contributed by atoms with Gasteiger partial charge >= 0.3 is 0 Å². The lowest BCUT2D eigenvalue weighted by Gasteiger charge is -2.22. The number of benzene rings is 9. The van der Waals surface area contributed by atoms with Gasteiger partial charge in [0.1, 0.15) is 11.2 Å². The Balaban J connectivity index is 1.05. The molecular weight excluding hydrogens is 705 g/mol. The van der Waals surface area contributed by atoms with E-state index in [0.717, 1.165) is 60.8 Å². The second kappa shape index (κ2) is 12.3. The molecule has 58 heavy (non-hydrogen) atoms. The van der Waals surface area contributed by atoms with Crippen molar-refractivity contribution in [3.63, 3.8) is 0 Å². The van der Waals surface area contributed by atoms with Crippen molar-refractivity contribution in [2.45, 2.75) is 19.3 Å². The van der Waals surface area contributed by atoms with Gasteiger partial charge in [0.05, 0.1) is 11.4 Å². The van der Waals surface area contributed by atoms with Gasteiger partial charge < -0.3 is 4.42 Å². The van der Waals surface area contributed by atoms with Crippen LogP contribution in [-0.4, -0.2) is 9.97 Å². The molecule has 0 saturated heterocycles. The van der Waals surface area contributed by atoms with E-state index in [9.17, 15) is 0 Å². The SMILES string of the molecule is CC1(C)c2cc3ccccc3cc2-c2c(-c3cc(-c4ccc(-c5ccc6cc7oc8ccccc8c7cc6c5)c5ccccc45)nc(-c4ccccc4)n3)cccc21. The molecule has 12 rings (SSSR count). The van der Waals surface area contributed by atoms with Crippen LogP contribution >= 0.6 is 0 Å². The summed E-state index contributed by atoms with van der Waals surface area (Å²) in [5, 5.41) is 9.46. The van der Waals surface area contributed by atoms with Gasteiger partial charge in [-0.25, -0.2) is 9.97 Å². The molecule has 2 heterocycles. The molecule has 0 amide bonds. The van der Waals surface area contributed by atoms with Gasteiger partial charge in [-0.05, 0) is 108 Å². The van der Waals surface area contributed by atoms with Crippen LogP contribution in [0.1, 0.15) is 25.0 Å². The van der Waals surface area contributed by atoms with Crippen molar-refractivity contribution in [2.75, 3.05) is 0 Å². The molecule has 0 unspecified atom stereocenters. The monoisotopic (exact) mass is 740 g/mol. The van der Waals surface area contributed by atoms with Gasteiger partial charge in [-0.2, -0.15) is 0 Å². The van der Waals surface area contributed by atoms with Crippen molar-refractivity contribution in [1.29, 1.82) is 0 Å². The van der Waals surface area contributed by atoms with Gasteiger partial charge in [0.25, 0.3) is 0 Å². The summed E-state index contributed by atoms with van der Waals surface area (Å²) in [6.07, 6.45) is 0. The Morgan fingerprint density at radius 1 is 0.379 bits per heavy atom. The van der Waals surface area contributed by atoms with Crippen LogP contribution in [0.4, 0.5) is 0 Å².